The summed E-state index contributed by atoms with van der Waals surface area (Å²) in [7, 11) is -2.87. The van der Waals surface area contributed by atoms with Gasteiger partial charge in [-0.15, -0.1) is 12.4 Å². The van der Waals surface area contributed by atoms with Crippen LogP contribution in [0.15, 0.2) is 53.1 Å². The highest BCUT2D eigenvalue weighted by molar-refractivity contribution is 7.91. The lowest BCUT2D eigenvalue weighted by atomic mass is 10.1. The normalized spacial score (nSPS) is 16.3. The Labute approximate surface area is 176 Å². The summed E-state index contributed by atoms with van der Waals surface area (Å²) in [4.78, 5) is 6.66. The van der Waals surface area contributed by atoms with E-state index in [9.17, 15) is 8.42 Å². The fourth-order valence-corrected chi connectivity index (χ4v) is 4.49. The van der Waals surface area contributed by atoms with E-state index in [1.54, 1.807) is 0 Å². The molecule has 2 aromatic carbocycles. The van der Waals surface area contributed by atoms with Gasteiger partial charge in [0.05, 0.1) is 11.5 Å². The Kier molecular flexibility index (Phi) is 6.69. The van der Waals surface area contributed by atoms with Gasteiger partial charge in [0.2, 0.25) is 5.82 Å². The zero-order chi connectivity index (χ0) is 19.6. The third kappa shape index (κ3) is 5.22. The van der Waals surface area contributed by atoms with E-state index in [-0.39, 0.29) is 23.9 Å². The first kappa shape index (κ1) is 21.4. The Hall–Kier alpha value is -2.26. The third-order valence-electron chi connectivity index (χ3n) is 4.89. The van der Waals surface area contributed by atoms with Gasteiger partial charge in [-0.3, -0.25) is 4.90 Å². The van der Waals surface area contributed by atoms with Gasteiger partial charge in [0.15, 0.2) is 9.84 Å². The van der Waals surface area contributed by atoms with E-state index in [2.05, 4.69) is 15.0 Å². The minimum Gasteiger partial charge on any atom is -0.334 e. The van der Waals surface area contributed by atoms with Crippen molar-refractivity contribution in [1.82, 2.24) is 15.0 Å². The lowest BCUT2D eigenvalue weighted by Gasteiger charge is -2.26. The molecule has 7 nitrogen and oxygen atoms in total. The van der Waals surface area contributed by atoms with Crippen molar-refractivity contribution in [2.45, 2.75) is 13.1 Å². The van der Waals surface area contributed by atoms with Crippen LogP contribution in [-0.4, -0.2) is 48.1 Å². The number of rotatable bonds is 5. The Balaban J connectivity index is 0.00000240. The van der Waals surface area contributed by atoms with Gasteiger partial charge >= 0.3 is 0 Å². The first-order valence-corrected chi connectivity index (χ1v) is 11.0. The molecule has 0 amide bonds. The molecule has 4 rings (SSSR count). The Morgan fingerprint density at radius 1 is 1.00 bits per heavy atom. The van der Waals surface area contributed by atoms with Crippen molar-refractivity contribution in [3.05, 3.63) is 59.7 Å². The molecule has 1 aromatic heterocycles. The fraction of sp³-hybridized carbons (Fsp3) is 0.300. The summed E-state index contributed by atoms with van der Waals surface area (Å²) in [5, 5.41) is 4.09. The van der Waals surface area contributed by atoms with Gasteiger partial charge in [-0.25, -0.2) is 8.42 Å². The van der Waals surface area contributed by atoms with Gasteiger partial charge in [0.25, 0.3) is 5.89 Å². The van der Waals surface area contributed by atoms with Gasteiger partial charge < -0.3 is 10.3 Å². The number of nitrogens with zero attached hydrogens (tertiary/aromatic N) is 3. The zero-order valence-electron chi connectivity index (χ0n) is 15.8. The Morgan fingerprint density at radius 3 is 2.41 bits per heavy atom. The van der Waals surface area contributed by atoms with Crippen LogP contribution in [0.1, 0.15) is 11.1 Å². The van der Waals surface area contributed by atoms with Crippen LogP contribution in [0.25, 0.3) is 22.8 Å². The molecule has 154 valence electrons. The molecule has 0 spiro atoms. The molecule has 0 bridgehead atoms. The van der Waals surface area contributed by atoms with Crippen molar-refractivity contribution in [2.75, 3.05) is 24.6 Å². The van der Waals surface area contributed by atoms with Crippen molar-refractivity contribution < 1.29 is 12.9 Å². The summed E-state index contributed by atoms with van der Waals surface area (Å²) in [5.74, 6) is 1.44. The SMILES string of the molecule is Cl.NCc1ccc(-c2noc(-c3cccc(CN4CCS(=O)(=O)CC4)c3)n2)cc1. The molecule has 0 atom stereocenters. The van der Waals surface area contributed by atoms with Crippen LogP contribution in [-0.2, 0) is 22.9 Å². The highest BCUT2D eigenvalue weighted by Crippen LogP contribution is 2.24. The van der Waals surface area contributed by atoms with Crippen molar-refractivity contribution in [1.29, 1.82) is 0 Å². The number of hydrogen-bond acceptors (Lipinski definition) is 7. The molecule has 0 saturated carbocycles. The molecule has 2 heterocycles. The van der Waals surface area contributed by atoms with Crippen LogP contribution in [0.4, 0.5) is 0 Å². The first-order chi connectivity index (χ1) is 13.5. The summed E-state index contributed by atoms with van der Waals surface area (Å²) < 4.78 is 28.6. The first-order valence-electron chi connectivity index (χ1n) is 9.17. The molecule has 0 radical (unpaired) electrons. The molecule has 1 saturated heterocycles. The minimum atomic E-state index is -2.87. The number of aromatic nitrogens is 2. The monoisotopic (exact) mass is 434 g/mol. The third-order valence-corrected chi connectivity index (χ3v) is 6.50. The molecule has 9 heteroatoms. The van der Waals surface area contributed by atoms with Crippen molar-refractivity contribution in [2.24, 2.45) is 5.73 Å². The number of nitrogens with two attached hydrogens (primary N) is 1. The maximum atomic E-state index is 11.6. The molecule has 1 fully saturated rings. The number of hydrogen-bond donors (Lipinski definition) is 1. The van der Waals surface area contributed by atoms with Gasteiger partial charge in [0.1, 0.15) is 0 Å². The smallest absolute Gasteiger partial charge is 0.258 e. The maximum Gasteiger partial charge on any atom is 0.258 e. The molecule has 3 aromatic rings. The average molecular weight is 435 g/mol. The molecule has 0 aliphatic carbocycles. The second-order valence-electron chi connectivity index (χ2n) is 6.95. The summed E-state index contributed by atoms with van der Waals surface area (Å²) in [6, 6.07) is 15.7. The van der Waals surface area contributed by atoms with E-state index >= 15 is 0 Å². The largest absolute Gasteiger partial charge is 0.334 e. The van der Waals surface area contributed by atoms with E-state index < -0.39 is 9.84 Å². The lowest BCUT2D eigenvalue weighted by molar-refractivity contribution is 0.287. The molecular formula is C20H23ClN4O3S. The lowest BCUT2D eigenvalue weighted by Crippen LogP contribution is -2.39. The molecule has 29 heavy (non-hydrogen) atoms. The van der Waals surface area contributed by atoms with Crippen LogP contribution in [0.5, 0.6) is 0 Å². The van der Waals surface area contributed by atoms with Crippen LogP contribution in [0.3, 0.4) is 0 Å². The standard InChI is InChI=1S/C20H22N4O3S.ClH/c21-13-15-4-6-17(7-5-15)19-22-20(27-23-19)18-3-1-2-16(12-18)14-24-8-10-28(25,26)11-9-24;/h1-7,12H,8-11,13-14,21H2;1H. The zero-order valence-corrected chi connectivity index (χ0v) is 17.5. The van der Waals surface area contributed by atoms with Crippen molar-refractivity contribution >= 4 is 22.2 Å². The van der Waals surface area contributed by atoms with Gasteiger partial charge in [-0.05, 0) is 23.3 Å². The van der Waals surface area contributed by atoms with Gasteiger partial charge in [-0.1, -0.05) is 41.6 Å². The maximum absolute atomic E-state index is 11.6. The van der Waals surface area contributed by atoms with E-state index in [0.717, 1.165) is 22.3 Å². The molecule has 2 N–H and O–H groups in total. The second kappa shape index (κ2) is 9.04. The topological polar surface area (TPSA) is 102 Å². The van der Waals surface area contributed by atoms with E-state index in [0.29, 0.717) is 37.9 Å². The number of benzene rings is 2. The van der Waals surface area contributed by atoms with E-state index in [1.165, 1.54) is 0 Å². The van der Waals surface area contributed by atoms with Gasteiger partial charge in [0, 0.05) is 37.3 Å². The quantitative estimate of drug-likeness (QED) is 0.658. The molecule has 0 unspecified atom stereocenters. The summed E-state index contributed by atoms with van der Waals surface area (Å²) in [6.45, 7) is 2.32. The predicted octanol–water partition coefficient (Wildman–Crippen LogP) is 2.51. The number of sulfone groups is 1. The Morgan fingerprint density at radius 2 is 1.72 bits per heavy atom. The number of halogens is 1. The van der Waals surface area contributed by atoms with Crippen molar-refractivity contribution in [3.63, 3.8) is 0 Å². The van der Waals surface area contributed by atoms with Crippen molar-refractivity contribution in [3.8, 4) is 22.8 Å². The highest BCUT2D eigenvalue weighted by atomic mass is 35.5. The molecular weight excluding hydrogens is 412 g/mol. The minimum absolute atomic E-state index is 0. The van der Waals surface area contributed by atoms with Crippen LogP contribution < -0.4 is 5.73 Å². The average Bonchev–Trinajstić information content (AvgIpc) is 3.20. The van der Waals surface area contributed by atoms with E-state index in [4.69, 9.17) is 10.3 Å². The van der Waals surface area contributed by atoms with Crippen LogP contribution in [0.2, 0.25) is 0 Å². The summed E-state index contributed by atoms with van der Waals surface area (Å²) in [6.07, 6.45) is 0. The van der Waals surface area contributed by atoms with Gasteiger partial charge in [-0.2, -0.15) is 4.98 Å². The highest BCUT2D eigenvalue weighted by Gasteiger charge is 2.21. The molecule has 1 aliphatic rings. The van der Waals surface area contributed by atoms with Crippen LogP contribution in [0, 0.1) is 0 Å². The second-order valence-corrected chi connectivity index (χ2v) is 9.26. The van der Waals surface area contributed by atoms with E-state index in [1.807, 2.05) is 48.5 Å². The summed E-state index contributed by atoms with van der Waals surface area (Å²) in [5.41, 5.74) is 9.48. The fourth-order valence-electron chi connectivity index (χ4n) is 3.22. The molecule has 1 aliphatic heterocycles. The predicted molar refractivity (Wildman–Crippen MR) is 114 cm³/mol. The van der Waals surface area contributed by atoms with Crippen LogP contribution >= 0.6 is 12.4 Å². The summed E-state index contributed by atoms with van der Waals surface area (Å²) >= 11 is 0. The Bertz CT molecular complexity index is 1050.